The second-order valence-electron chi connectivity index (χ2n) is 5.80. The Morgan fingerprint density at radius 3 is 2.92 bits per heavy atom. The molecule has 24 heavy (non-hydrogen) atoms. The Balaban J connectivity index is 0.00000208. The number of halogens is 2. The summed E-state index contributed by atoms with van der Waals surface area (Å²) in [5.41, 5.74) is 0.295. The summed E-state index contributed by atoms with van der Waals surface area (Å²) in [4.78, 5) is 18.0. The van der Waals surface area contributed by atoms with Crippen LogP contribution in [-0.2, 0) is 11.2 Å². The van der Waals surface area contributed by atoms with Crippen LogP contribution in [0.2, 0.25) is 0 Å². The summed E-state index contributed by atoms with van der Waals surface area (Å²) in [5.74, 6) is 0.307. The second-order valence-corrected chi connectivity index (χ2v) is 5.80. The van der Waals surface area contributed by atoms with E-state index in [0.717, 1.165) is 0 Å². The van der Waals surface area contributed by atoms with Crippen LogP contribution in [0.1, 0.15) is 31.0 Å². The number of amides is 1. The number of carbonyl (C=O) groups is 1. The molecular formula is C16H20ClFN4O2. The van der Waals surface area contributed by atoms with Crippen LogP contribution in [0.5, 0.6) is 0 Å². The number of carbonyl (C=O) groups excluding carboxylic acids is 1. The second kappa shape index (κ2) is 7.72. The molecule has 1 N–H and O–H groups in total. The van der Waals surface area contributed by atoms with E-state index in [2.05, 4.69) is 15.5 Å². The Bertz CT molecular complexity index is 709. The minimum Gasteiger partial charge on any atom is -0.339 e. The van der Waals surface area contributed by atoms with E-state index in [1.807, 2.05) is 14.0 Å². The molecule has 0 spiro atoms. The van der Waals surface area contributed by atoms with Gasteiger partial charge < -0.3 is 14.7 Å². The summed E-state index contributed by atoms with van der Waals surface area (Å²) in [7, 11) is 1.87. The van der Waals surface area contributed by atoms with Crippen molar-refractivity contribution in [2.75, 3.05) is 18.5 Å². The molecule has 2 atom stereocenters. The topological polar surface area (TPSA) is 71.3 Å². The first-order valence-corrected chi connectivity index (χ1v) is 7.63. The highest BCUT2D eigenvalue weighted by Gasteiger charge is 2.36. The first kappa shape index (κ1) is 18.4. The van der Waals surface area contributed by atoms with Crippen LogP contribution in [0.4, 0.5) is 10.1 Å². The molecule has 1 amide bonds. The maximum atomic E-state index is 13.9. The predicted octanol–water partition coefficient (Wildman–Crippen LogP) is 2.30. The fourth-order valence-electron chi connectivity index (χ4n) is 2.67. The number of nitrogens with zero attached hydrogens (tertiary/aromatic N) is 3. The summed E-state index contributed by atoms with van der Waals surface area (Å²) >= 11 is 0. The number of benzene rings is 1. The number of aromatic nitrogens is 2. The van der Waals surface area contributed by atoms with Crippen molar-refractivity contribution < 1.29 is 13.7 Å². The van der Waals surface area contributed by atoms with Crippen molar-refractivity contribution in [2.24, 2.45) is 0 Å². The lowest BCUT2D eigenvalue weighted by atomic mass is 10.1. The molecular weight excluding hydrogens is 335 g/mol. The molecule has 6 nitrogen and oxygen atoms in total. The van der Waals surface area contributed by atoms with Gasteiger partial charge in [-0.3, -0.25) is 4.79 Å². The van der Waals surface area contributed by atoms with Gasteiger partial charge in [-0.05, 0) is 26.1 Å². The molecule has 2 heterocycles. The van der Waals surface area contributed by atoms with E-state index < -0.39 is 5.82 Å². The highest BCUT2D eigenvalue weighted by Crippen LogP contribution is 2.32. The van der Waals surface area contributed by atoms with Gasteiger partial charge in [-0.15, -0.1) is 12.4 Å². The molecule has 2 unspecified atom stereocenters. The van der Waals surface area contributed by atoms with E-state index in [1.165, 1.54) is 11.0 Å². The van der Waals surface area contributed by atoms with Crippen molar-refractivity contribution in [1.82, 2.24) is 15.5 Å². The van der Waals surface area contributed by atoms with Gasteiger partial charge in [0.15, 0.2) is 5.82 Å². The van der Waals surface area contributed by atoms with E-state index in [9.17, 15) is 9.18 Å². The van der Waals surface area contributed by atoms with Gasteiger partial charge in [0.1, 0.15) is 5.82 Å². The van der Waals surface area contributed by atoms with Crippen LogP contribution >= 0.6 is 12.4 Å². The Kier molecular flexibility index (Phi) is 5.90. The van der Waals surface area contributed by atoms with Gasteiger partial charge in [-0.1, -0.05) is 17.3 Å². The number of nitrogens with one attached hydrogen (secondary N) is 1. The lowest BCUT2D eigenvalue weighted by molar-refractivity contribution is -0.117. The van der Waals surface area contributed by atoms with Crippen molar-refractivity contribution in [1.29, 1.82) is 0 Å². The lowest BCUT2D eigenvalue weighted by Crippen LogP contribution is -2.25. The fourth-order valence-corrected chi connectivity index (χ4v) is 2.67. The maximum absolute atomic E-state index is 13.9. The summed E-state index contributed by atoms with van der Waals surface area (Å²) in [6.45, 7) is 2.37. The highest BCUT2D eigenvalue weighted by atomic mass is 35.5. The van der Waals surface area contributed by atoms with Crippen LogP contribution in [0, 0.1) is 5.82 Å². The van der Waals surface area contributed by atoms with E-state index >= 15 is 0 Å². The van der Waals surface area contributed by atoms with E-state index in [4.69, 9.17) is 4.52 Å². The smallest absolute Gasteiger partial charge is 0.232 e. The third-order valence-corrected chi connectivity index (χ3v) is 4.08. The summed E-state index contributed by atoms with van der Waals surface area (Å²) in [6.07, 6.45) is 0.898. The zero-order valence-electron chi connectivity index (χ0n) is 13.5. The fraction of sp³-hybridized carbons (Fsp3) is 0.438. The highest BCUT2D eigenvalue weighted by molar-refractivity contribution is 5.96. The molecule has 1 saturated heterocycles. The Labute approximate surface area is 145 Å². The molecule has 0 radical (unpaired) electrons. The molecule has 1 aromatic carbocycles. The average molecular weight is 355 g/mol. The molecule has 1 fully saturated rings. The van der Waals surface area contributed by atoms with Crippen LogP contribution < -0.4 is 10.2 Å². The third kappa shape index (κ3) is 3.73. The van der Waals surface area contributed by atoms with Gasteiger partial charge in [0.05, 0.1) is 11.6 Å². The maximum Gasteiger partial charge on any atom is 0.232 e. The zero-order chi connectivity index (χ0) is 16.4. The van der Waals surface area contributed by atoms with Gasteiger partial charge >= 0.3 is 0 Å². The standard InChI is InChI=1S/C16H19FN4O2.ClH/c1-10(18-2)7-14-19-16(23-20-14)11-8-15(22)21(9-11)13-6-4-3-5-12(13)17;/h3-6,10-11,18H,7-9H2,1-2H3;1H. The molecule has 8 heteroatoms. The predicted molar refractivity (Wildman–Crippen MR) is 89.9 cm³/mol. The van der Waals surface area contributed by atoms with E-state index in [0.29, 0.717) is 30.4 Å². The van der Waals surface area contributed by atoms with Crippen molar-refractivity contribution in [3.05, 3.63) is 41.8 Å². The van der Waals surface area contributed by atoms with Crippen LogP contribution in [0.3, 0.4) is 0 Å². The minimum absolute atomic E-state index is 0. The molecule has 1 aromatic heterocycles. The lowest BCUT2D eigenvalue weighted by Gasteiger charge is -2.16. The molecule has 0 aliphatic carbocycles. The first-order chi connectivity index (χ1) is 11.1. The Morgan fingerprint density at radius 1 is 1.46 bits per heavy atom. The molecule has 0 bridgehead atoms. The van der Waals surface area contributed by atoms with E-state index in [1.54, 1.807) is 18.2 Å². The zero-order valence-corrected chi connectivity index (χ0v) is 14.3. The number of hydrogen-bond donors (Lipinski definition) is 1. The van der Waals surface area contributed by atoms with Crippen LogP contribution in [-0.4, -0.2) is 35.7 Å². The van der Waals surface area contributed by atoms with Crippen molar-refractivity contribution in [3.8, 4) is 0 Å². The third-order valence-electron chi connectivity index (χ3n) is 4.08. The summed E-state index contributed by atoms with van der Waals surface area (Å²) < 4.78 is 19.2. The van der Waals surface area contributed by atoms with Crippen molar-refractivity contribution in [2.45, 2.75) is 31.7 Å². The minimum atomic E-state index is -0.407. The number of anilines is 1. The van der Waals surface area contributed by atoms with Gasteiger partial charge in [0.2, 0.25) is 11.8 Å². The average Bonchev–Trinajstić information content (AvgIpc) is 3.14. The van der Waals surface area contributed by atoms with Gasteiger partial charge in [0, 0.05) is 25.4 Å². The SMILES string of the molecule is CNC(C)Cc1noc(C2CC(=O)N(c3ccccc3F)C2)n1.Cl. The first-order valence-electron chi connectivity index (χ1n) is 7.63. The monoisotopic (exact) mass is 354 g/mol. The molecule has 1 aliphatic rings. The summed E-state index contributed by atoms with van der Waals surface area (Å²) in [5, 5.41) is 7.07. The van der Waals surface area contributed by atoms with Gasteiger partial charge in [0.25, 0.3) is 0 Å². The largest absolute Gasteiger partial charge is 0.339 e. The molecule has 2 aromatic rings. The molecule has 0 saturated carbocycles. The number of likely N-dealkylation sites (N-methyl/N-ethyl adjacent to an activating group) is 1. The van der Waals surface area contributed by atoms with Gasteiger partial charge in [-0.25, -0.2) is 4.39 Å². The number of hydrogen-bond acceptors (Lipinski definition) is 5. The van der Waals surface area contributed by atoms with Crippen molar-refractivity contribution in [3.63, 3.8) is 0 Å². The quantitative estimate of drug-likeness (QED) is 0.892. The molecule has 1 aliphatic heterocycles. The van der Waals surface area contributed by atoms with E-state index in [-0.39, 0.29) is 36.7 Å². The molecule has 3 rings (SSSR count). The number of rotatable bonds is 5. The molecule has 130 valence electrons. The van der Waals surface area contributed by atoms with Crippen LogP contribution in [0.25, 0.3) is 0 Å². The Hall–Kier alpha value is -1.99. The van der Waals surface area contributed by atoms with Crippen molar-refractivity contribution >= 4 is 24.0 Å². The Morgan fingerprint density at radius 2 is 2.21 bits per heavy atom. The summed E-state index contributed by atoms with van der Waals surface area (Å²) in [6, 6.07) is 6.50. The normalized spacial score (nSPS) is 18.5. The van der Waals surface area contributed by atoms with Gasteiger partial charge in [-0.2, -0.15) is 4.98 Å². The number of para-hydroxylation sites is 1. The van der Waals surface area contributed by atoms with Crippen LogP contribution in [0.15, 0.2) is 28.8 Å².